The maximum atomic E-state index is 13.7. The molecule has 2 aromatic rings. The number of benzene rings is 2. The van der Waals surface area contributed by atoms with Crippen LogP contribution in [0.4, 0.5) is 14.9 Å². The standard InChI is InChI=1S/C22H26FN3O4/c23-18-9-5-4-8-17(18)21(28)24-13-12-16-10-11-19(20(14-27)30-16)26-22(29)25-15-6-2-1-3-7-15/h1-9,16,19-20,27H,10-14H2,(H,24,28)(H2,25,26,29)/t16-,19+,20-/m1/s1. The zero-order valence-corrected chi connectivity index (χ0v) is 16.5. The fraction of sp³-hybridized carbons (Fsp3) is 0.364. The van der Waals surface area contributed by atoms with Crippen LogP contribution >= 0.6 is 0 Å². The van der Waals surface area contributed by atoms with Crippen molar-refractivity contribution in [1.82, 2.24) is 10.6 Å². The van der Waals surface area contributed by atoms with Gasteiger partial charge < -0.3 is 25.8 Å². The lowest BCUT2D eigenvalue weighted by atomic mass is 9.97. The Kier molecular flexibility index (Phi) is 7.75. The molecule has 30 heavy (non-hydrogen) atoms. The van der Waals surface area contributed by atoms with Gasteiger partial charge in [0.25, 0.3) is 5.91 Å². The predicted octanol–water partition coefficient (Wildman–Crippen LogP) is 2.68. The molecule has 8 heteroatoms. The van der Waals surface area contributed by atoms with Crippen LogP contribution in [-0.4, -0.2) is 48.4 Å². The number of aliphatic hydroxyl groups excluding tert-OH is 1. The van der Waals surface area contributed by atoms with E-state index in [-0.39, 0.29) is 30.3 Å². The molecular formula is C22H26FN3O4. The Morgan fingerprint density at radius 2 is 1.80 bits per heavy atom. The summed E-state index contributed by atoms with van der Waals surface area (Å²) in [6.07, 6.45) is 1.13. The van der Waals surface area contributed by atoms with Gasteiger partial charge >= 0.3 is 6.03 Å². The maximum absolute atomic E-state index is 13.7. The molecule has 1 aliphatic heterocycles. The van der Waals surface area contributed by atoms with Crippen LogP contribution in [0.2, 0.25) is 0 Å². The zero-order chi connectivity index (χ0) is 21.3. The van der Waals surface area contributed by atoms with Gasteiger partial charge in [-0.2, -0.15) is 0 Å². The molecule has 0 aromatic heterocycles. The minimum atomic E-state index is -0.563. The molecule has 3 rings (SSSR count). The zero-order valence-electron chi connectivity index (χ0n) is 16.5. The highest BCUT2D eigenvalue weighted by Gasteiger charge is 2.31. The van der Waals surface area contributed by atoms with Gasteiger partial charge in [0.2, 0.25) is 0 Å². The normalized spacial score (nSPS) is 20.9. The van der Waals surface area contributed by atoms with Gasteiger partial charge in [0, 0.05) is 12.2 Å². The number of hydrogen-bond donors (Lipinski definition) is 4. The monoisotopic (exact) mass is 415 g/mol. The van der Waals surface area contributed by atoms with E-state index in [1.54, 1.807) is 18.2 Å². The van der Waals surface area contributed by atoms with Crippen molar-refractivity contribution in [2.75, 3.05) is 18.5 Å². The second kappa shape index (κ2) is 10.7. The molecule has 0 saturated carbocycles. The highest BCUT2D eigenvalue weighted by molar-refractivity contribution is 5.94. The molecule has 3 atom stereocenters. The van der Waals surface area contributed by atoms with E-state index >= 15 is 0 Å². The van der Waals surface area contributed by atoms with Gasteiger partial charge in [0.05, 0.1) is 24.3 Å². The minimum absolute atomic E-state index is 0.00369. The van der Waals surface area contributed by atoms with E-state index in [1.165, 1.54) is 18.2 Å². The molecule has 4 N–H and O–H groups in total. The Morgan fingerprint density at radius 3 is 2.53 bits per heavy atom. The van der Waals surface area contributed by atoms with Crippen molar-refractivity contribution in [1.29, 1.82) is 0 Å². The van der Waals surface area contributed by atoms with Gasteiger partial charge in [-0.1, -0.05) is 30.3 Å². The molecule has 0 spiro atoms. The van der Waals surface area contributed by atoms with Crippen LogP contribution in [-0.2, 0) is 4.74 Å². The second-order valence-corrected chi connectivity index (χ2v) is 7.15. The molecule has 3 amide bonds. The van der Waals surface area contributed by atoms with Gasteiger partial charge in [0.1, 0.15) is 11.9 Å². The summed E-state index contributed by atoms with van der Waals surface area (Å²) in [7, 11) is 0. The topological polar surface area (TPSA) is 99.7 Å². The SMILES string of the molecule is O=C(Nc1ccccc1)N[C@H]1CC[C@H](CCNC(=O)c2ccccc2F)O[C@@H]1CO. The third-order valence-electron chi connectivity index (χ3n) is 5.01. The summed E-state index contributed by atoms with van der Waals surface area (Å²) in [4.78, 5) is 24.3. The molecule has 1 heterocycles. The van der Waals surface area contributed by atoms with Gasteiger partial charge in [-0.3, -0.25) is 4.79 Å². The Bertz CT molecular complexity index is 849. The molecule has 0 aliphatic carbocycles. The summed E-state index contributed by atoms with van der Waals surface area (Å²) in [5, 5.41) is 17.9. The number of aliphatic hydroxyl groups is 1. The van der Waals surface area contributed by atoms with Crippen LogP contribution in [0.1, 0.15) is 29.6 Å². The van der Waals surface area contributed by atoms with Crippen molar-refractivity contribution in [2.24, 2.45) is 0 Å². The van der Waals surface area contributed by atoms with Crippen molar-refractivity contribution in [3.8, 4) is 0 Å². The Hall–Kier alpha value is -2.97. The van der Waals surface area contributed by atoms with Crippen LogP contribution in [0.5, 0.6) is 0 Å². The largest absolute Gasteiger partial charge is 0.394 e. The van der Waals surface area contributed by atoms with Crippen LogP contribution in [0.3, 0.4) is 0 Å². The number of halogens is 1. The third-order valence-corrected chi connectivity index (χ3v) is 5.01. The molecule has 0 bridgehead atoms. The lowest BCUT2D eigenvalue weighted by Crippen LogP contribution is -2.52. The number of carbonyl (C=O) groups is 2. The van der Waals surface area contributed by atoms with Gasteiger partial charge in [0.15, 0.2) is 0 Å². The molecule has 0 radical (unpaired) electrons. The van der Waals surface area contributed by atoms with E-state index in [1.807, 2.05) is 18.2 Å². The van der Waals surface area contributed by atoms with Gasteiger partial charge in [-0.25, -0.2) is 9.18 Å². The summed E-state index contributed by atoms with van der Waals surface area (Å²) >= 11 is 0. The summed E-state index contributed by atoms with van der Waals surface area (Å²) < 4.78 is 19.5. The highest BCUT2D eigenvalue weighted by atomic mass is 19.1. The fourth-order valence-corrected chi connectivity index (χ4v) is 3.45. The average molecular weight is 415 g/mol. The first kappa shape index (κ1) is 21.7. The van der Waals surface area contributed by atoms with E-state index in [2.05, 4.69) is 16.0 Å². The van der Waals surface area contributed by atoms with Crippen LogP contribution < -0.4 is 16.0 Å². The molecule has 2 aromatic carbocycles. The Morgan fingerprint density at radius 1 is 1.07 bits per heavy atom. The molecule has 1 aliphatic rings. The number of nitrogens with one attached hydrogen (secondary N) is 3. The number of para-hydroxylation sites is 1. The first-order valence-corrected chi connectivity index (χ1v) is 9.98. The summed E-state index contributed by atoms with van der Waals surface area (Å²) in [6.45, 7) is 0.0942. The predicted molar refractivity (Wildman–Crippen MR) is 111 cm³/mol. The summed E-state index contributed by atoms with van der Waals surface area (Å²) in [5.41, 5.74) is 0.680. The number of hydrogen-bond acceptors (Lipinski definition) is 4. The van der Waals surface area contributed by atoms with E-state index in [0.29, 0.717) is 31.5 Å². The molecule has 7 nitrogen and oxygen atoms in total. The van der Waals surface area contributed by atoms with Gasteiger partial charge in [-0.05, 0) is 43.5 Å². The summed E-state index contributed by atoms with van der Waals surface area (Å²) in [6, 6.07) is 14.2. The van der Waals surface area contributed by atoms with Crippen LogP contribution in [0.25, 0.3) is 0 Å². The molecule has 1 saturated heterocycles. The number of rotatable bonds is 7. The molecule has 1 fully saturated rings. The first-order valence-electron chi connectivity index (χ1n) is 9.98. The van der Waals surface area contributed by atoms with Gasteiger partial charge in [-0.15, -0.1) is 0 Å². The lowest BCUT2D eigenvalue weighted by Gasteiger charge is -2.36. The fourth-order valence-electron chi connectivity index (χ4n) is 3.45. The first-order chi connectivity index (χ1) is 14.6. The second-order valence-electron chi connectivity index (χ2n) is 7.15. The van der Waals surface area contributed by atoms with Crippen molar-refractivity contribution in [2.45, 2.75) is 37.5 Å². The van der Waals surface area contributed by atoms with Crippen molar-refractivity contribution in [3.63, 3.8) is 0 Å². The van der Waals surface area contributed by atoms with Crippen LogP contribution in [0, 0.1) is 5.82 Å². The van der Waals surface area contributed by atoms with E-state index in [4.69, 9.17) is 4.74 Å². The third kappa shape index (κ3) is 6.01. The molecule has 160 valence electrons. The lowest BCUT2D eigenvalue weighted by molar-refractivity contribution is -0.0886. The van der Waals surface area contributed by atoms with E-state index in [9.17, 15) is 19.1 Å². The average Bonchev–Trinajstić information content (AvgIpc) is 2.75. The smallest absolute Gasteiger partial charge is 0.319 e. The van der Waals surface area contributed by atoms with Crippen molar-refractivity contribution < 1.29 is 23.8 Å². The number of amides is 3. The number of carbonyl (C=O) groups excluding carboxylic acids is 2. The highest BCUT2D eigenvalue weighted by Crippen LogP contribution is 2.22. The quantitative estimate of drug-likeness (QED) is 0.559. The molecule has 0 unspecified atom stereocenters. The van der Waals surface area contributed by atoms with Crippen molar-refractivity contribution in [3.05, 3.63) is 66.0 Å². The molecular weight excluding hydrogens is 389 g/mol. The maximum Gasteiger partial charge on any atom is 0.319 e. The Labute approximate surface area is 174 Å². The number of anilines is 1. The summed E-state index contributed by atoms with van der Waals surface area (Å²) in [5.74, 6) is -1.04. The minimum Gasteiger partial charge on any atom is -0.394 e. The van der Waals surface area contributed by atoms with E-state index < -0.39 is 17.8 Å². The van der Waals surface area contributed by atoms with E-state index in [0.717, 1.165) is 0 Å². The number of ether oxygens (including phenoxy) is 1. The van der Waals surface area contributed by atoms with Crippen molar-refractivity contribution >= 4 is 17.6 Å². The van der Waals surface area contributed by atoms with Crippen LogP contribution in [0.15, 0.2) is 54.6 Å². The number of urea groups is 1. The Balaban J connectivity index is 1.43.